The van der Waals surface area contributed by atoms with Crippen LogP contribution in [0.2, 0.25) is 0 Å². The number of anilines is 3. The third kappa shape index (κ3) is 5.31. The van der Waals surface area contributed by atoms with E-state index in [0.717, 1.165) is 5.56 Å². The van der Waals surface area contributed by atoms with Gasteiger partial charge in [0.15, 0.2) is 0 Å². The lowest BCUT2D eigenvalue weighted by molar-refractivity contribution is 0.00463. The Labute approximate surface area is 204 Å². The number of likely N-dealkylation sites (tertiary alicyclic amines) is 1. The van der Waals surface area contributed by atoms with Gasteiger partial charge in [-0.05, 0) is 40.5 Å². The Kier molecular flexibility index (Phi) is 6.58. The molecule has 2 aromatic rings. The van der Waals surface area contributed by atoms with Crippen molar-refractivity contribution >= 4 is 29.6 Å². The number of ether oxygens (including phenoxy) is 1. The van der Waals surface area contributed by atoms with Crippen LogP contribution in [-0.2, 0) is 17.8 Å². The Morgan fingerprint density at radius 1 is 1.26 bits per heavy atom. The second kappa shape index (κ2) is 9.33. The largest absolute Gasteiger partial charge is 0.444 e. The first-order valence-electron chi connectivity index (χ1n) is 11.8. The molecule has 0 saturated carbocycles. The van der Waals surface area contributed by atoms with Crippen molar-refractivity contribution in [2.24, 2.45) is 0 Å². The number of nitrogens with zero attached hydrogens (tertiary/aromatic N) is 7. The number of urea groups is 1. The van der Waals surface area contributed by atoms with Gasteiger partial charge in [-0.15, -0.1) is 0 Å². The molecule has 0 aromatic carbocycles. The van der Waals surface area contributed by atoms with E-state index in [1.165, 1.54) is 0 Å². The van der Waals surface area contributed by atoms with Crippen LogP contribution in [0.5, 0.6) is 0 Å². The number of aliphatic hydroxyl groups excluding tert-OH is 1. The Balaban J connectivity index is 1.45. The summed E-state index contributed by atoms with van der Waals surface area (Å²) in [5.74, 6) is 0.915. The summed E-state index contributed by atoms with van der Waals surface area (Å²) in [6, 6.07) is -0.133. The second-order valence-electron chi connectivity index (χ2n) is 10.3. The first-order chi connectivity index (χ1) is 16.5. The molecule has 4 heterocycles. The topological polar surface area (TPSA) is 129 Å². The quantitative estimate of drug-likeness (QED) is 0.660. The van der Waals surface area contributed by atoms with Gasteiger partial charge in [0.1, 0.15) is 11.4 Å². The zero-order valence-electron chi connectivity index (χ0n) is 21.0. The van der Waals surface area contributed by atoms with Gasteiger partial charge in [0.25, 0.3) is 0 Å². The van der Waals surface area contributed by atoms with Gasteiger partial charge in [0, 0.05) is 43.6 Å². The fourth-order valence-electron chi connectivity index (χ4n) is 4.34. The predicted molar refractivity (Wildman–Crippen MR) is 129 cm³/mol. The molecule has 2 aliphatic rings. The van der Waals surface area contributed by atoms with Crippen LogP contribution in [-0.4, -0.2) is 84.7 Å². The zero-order chi connectivity index (χ0) is 25.4. The Hall–Kier alpha value is -3.41. The number of piperidine rings is 1. The van der Waals surface area contributed by atoms with Crippen LogP contribution in [0.3, 0.4) is 0 Å². The Bertz CT molecular complexity index is 1090. The van der Waals surface area contributed by atoms with Crippen LogP contribution < -0.4 is 10.2 Å². The molecule has 0 unspecified atom stereocenters. The van der Waals surface area contributed by atoms with Gasteiger partial charge in [-0.25, -0.2) is 14.6 Å². The van der Waals surface area contributed by atoms with Crippen LogP contribution in [0, 0.1) is 0 Å². The smallest absolute Gasteiger partial charge is 0.410 e. The van der Waals surface area contributed by atoms with E-state index in [9.17, 15) is 9.59 Å². The summed E-state index contributed by atoms with van der Waals surface area (Å²) in [6.07, 6.45) is 6.10. The number of aliphatic hydroxyl groups is 1. The molecule has 1 fully saturated rings. The number of nitrogens with one attached hydrogen (secondary N) is 1. The minimum absolute atomic E-state index is 0.00216. The van der Waals surface area contributed by atoms with Crippen LogP contribution in [0.1, 0.15) is 46.1 Å². The van der Waals surface area contributed by atoms with Crippen LogP contribution in [0.15, 0.2) is 18.6 Å². The maximum absolute atomic E-state index is 13.4. The summed E-state index contributed by atoms with van der Waals surface area (Å²) in [5.41, 5.74) is 0.596. The van der Waals surface area contributed by atoms with E-state index in [-0.39, 0.29) is 18.7 Å². The minimum atomic E-state index is -0.541. The number of amides is 3. The van der Waals surface area contributed by atoms with Crippen molar-refractivity contribution in [2.75, 3.05) is 37.0 Å². The molecule has 190 valence electrons. The summed E-state index contributed by atoms with van der Waals surface area (Å²) >= 11 is 0. The Morgan fingerprint density at radius 3 is 2.63 bits per heavy atom. The normalized spacial score (nSPS) is 17.9. The molecule has 1 saturated heterocycles. The highest BCUT2D eigenvalue weighted by Crippen LogP contribution is 2.36. The highest BCUT2D eigenvalue weighted by atomic mass is 16.6. The van der Waals surface area contributed by atoms with Crippen molar-refractivity contribution in [3.63, 3.8) is 0 Å². The summed E-state index contributed by atoms with van der Waals surface area (Å²) in [6.45, 7) is 9.47. The van der Waals surface area contributed by atoms with Crippen molar-refractivity contribution in [3.05, 3.63) is 24.2 Å². The molecule has 0 atom stereocenters. The lowest BCUT2D eigenvalue weighted by Gasteiger charge is -2.49. The number of rotatable bonds is 5. The molecule has 35 heavy (non-hydrogen) atoms. The van der Waals surface area contributed by atoms with Crippen LogP contribution in [0.25, 0.3) is 0 Å². The lowest BCUT2D eigenvalue weighted by atomic mass is 9.87. The molecule has 0 bridgehead atoms. The van der Waals surface area contributed by atoms with Crippen molar-refractivity contribution < 1.29 is 19.4 Å². The second-order valence-corrected chi connectivity index (χ2v) is 10.3. The number of carbonyl (C=O) groups excluding carboxylic acids is 2. The average Bonchev–Trinajstić information content (AvgIpc) is 3.22. The summed E-state index contributed by atoms with van der Waals surface area (Å²) < 4.78 is 7.12. The van der Waals surface area contributed by atoms with E-state index in [4.69, 9.17) is 9.84 Å². The molecule has 2 aromatic heterocycles. The summed E-state index contributed by atoms with van der Waals surface area (Å²) in [4.78, 5) is 39.9. The van der Waals surface area contributed by atoms with Crippen molar-refractivity contribution in [2.45, 2.75) is 64.8 Å². The molecule has 0 aliphatic carbocycles. The van der Waals surface area contributed by atoms with E-state index >= 15 is 0 Å². The molecule has 4 rings (SSSR count). The number of hydrogen-bond acceptors (Lipinski definition) is 8. The first-order valence-corrected chi connectivity index (χ1v) is 11.8. The molecule has 0 radical (unpaired) electrons. The molecule has 3 amide bonds. The van der Waals surface area contributed by atoms with Gasteiger partial charge in [-0.1, -0.05) is 0 Å². The fraction of sp³-hybridized carbons (Fsp3) is 0.609. The van der Waals surface area contributed by atoms with Gasteiger partial charge in [0.05, 0.1) is 31.6 Å². The van der Waals surface area contributed by atoms with Crippen molar-refractivity contribution in [1.29, 1.82) is 0 Å². The Morgan fingerprint density at radius 2 is 1.97 bits per heavy atom. The highest BCUT2D eigenvalue weighted by Gasteiger charge is 2.44. The third-order valence-electron chi connectivity index (χ3n) is 6.37. The van der Waals surface area contributed by atoms with E-state index in [2.05, 4.69) is 27.3 Å². The van der Waals surface area contributed by atoms with Gasteiger partial charge in [0.2, 0.25) is 5.95 Å². The van der Waals surface area contributed by atoms with Crippen LogP contribution >= 0.6 is 0 Å². The first kappa shape index (κ1) is 24.7. The molecule has 2 aliphatic heterocycles. The third-order valence-corrected chi connectivity index (χ3v) is 6.37. The van der Waals surface area contributed by atoms with Gasteiger partial charge in [-0.3, -0.25) is 9.58 Å². The molecule has 12 nitrogen and oxygen atoms in total. The number of fused-ring (bicyclic) bond motifs is 1. The van der Waals surface area contributed by atoms with Gasteiger partial charge >= 0.3 is 12.1 Å². The standard InChI is InChI=1S/C23H34N8O4/c1-22(2,3)35-21(34)29-8-6-23(4,7-9-29)31-14-16-12-24-19(27-18(16)28(5)20(31)33)26-17-13-25-30(15-17)10-11-32/h12-13,15,32H,6-11,14H2,1-5H3,(H,24,26,27). The maximum Gasteiger partial charge on any atom is 0.410 e. The van der Waals surface area contributed by atoms with Crippen molar-refractivity contribution in [3.8, 4) is 0 Å². The zero-order valence-corrected chi connectivity index (χ0v) is 21.0. The molecule has 0 spiro atoms. The SMILES string of the molecule is CN1C(=O)N(C2(C)CCN(C(=O)OC(C)(C)C)CC2)Cc2cnc(Nc3cnn(CCO)c3)nc21. The lowest BCUT2D eigenvalue weighted by Crippen LogP contribution is -2.60. The minimum Gasteiger partial charge on any atom is -0.444 e. The summed E-state index contributed by atoms with van der Waals surface area (Å²) in [5, 5.41) is 16.3. The number of carbonyl (C=O) groups is 2. The van der Waals surface area contributed by atoms with Crippen LogP contribution in [0.4, 0.5) is 27.0 Å². The predicted octanol–water partition coefficient (Wildman–Crippen LogP) is 2.57. The molecule has 2 N–H and O–H groups in total. The van der Waals surface area contributed by atoms with Crippen molar-refractivity contribution in [1.82, 2.24) is 29.5 Å². The van der Waals surface area contributed by atoms with E-state index < -0.39 is 11.1 Å². The van der Waals surface area contributed by atoms with E-state index in [1.807, 2.05) is 25.7 Å². The van der Waals surface area contributed by atoms with E-state index in [0.29, 0.717) is 56.5 Å². The average molecular weight is 487 g/mol. The van der Waals surface area contributed by atoms with E-state index in [1.54, 1.807) is 40.1 Å². The fourth-order valence-corrected chi connectivity index (χ4v) is 4.34. The molecular formula is C23H34N8O4. The number of aromatic nitrogens is 4. The molecular weight excluding hydrogens is 452 g/mol. The highest BCUT2D eigenvalue weighted by molar-refractivity contribution is 5.93. The summed E-state index contributed by atoms with van der Waals surface area (Å²) in [7, 11) is 1.71. The number of hydrogen-bond donors (Lipinski definition) is 2. The monoisotopic (exact) mass is 486 g/mol. The van der Waals surface area contributed by atoms with Gasteiger partial charge < -0.3 is 25.0 Å². The maximum atomic E-state index is 13.4. The molecule has 12 heteroatoms. The van der Waals surface area contributed by atoms with Gasteiger partial charge in [-0.2, -0.15) is 10.1 Å².